The summed E-state index contributed by atoms with van der Waals surface area (Å²) < 4.78 is 31.4. The van der Waals surface area contributed by atoms with Crippen LogP contribution in [0.3, 0.4) is 0 Å². The smallest absolute Gasteiger partial charge is 0.413 e. The topological polar surface area (TPSA) is 64.3 Å². The van der Waals surface area contributed by atoms with Crippen LogP contribution in [0.4, 0.5) is 13.6 Å². The molecule has 2 aromatic rings. The van der Waals surface area contributed by atoms with E-state index in [-0.39, 0.29) is 29.6 Å². The zero-order valence-corrected chi connectivity index (χ0v) is 17.1. The minimum absolute atomic E-state index is 0.0630. The maximum Gasteiger partial charge on any atom is 0.413 e. The third-order valence-corrected chi connectivity index (χ3v) is 5.77. The number of nitrogens with one attached hydrogen (secondary N) is 3. The van der Waals surface area contributed by atoms with Gasteiger partial charge in [0.05, 0.1) is 7.11 Å². The lowest BCUT2D eigenvalue weighted by Gasteiger charge is -2.36. The van der Waals surface area contributed by atoms with Crippen molar-refractivity contribution in [3.05, 3.63) is 71.3 Å². The van der Waals surface area contributed by atoms with E-state index in [1.54, 1.807) is 31.2 Å². The number of halogens is 2. The molecule has 0 bridgehead atoms. The first kappa shape index (κ1) is 21.9. The van der Waals surface area contributed by atoms with Crippen molar-refractivity contribution >= 4 is 12.0 Å². The highest BCUT2D eigenvalue weighted by Gasteiger charge is 2.36. The molecule has 1 atom stereocenters. The quantitative estimate of drug-likeness (QED) is 0.645. The fourth-order valence-corrected chi connectivity index (χ4v) is 4.03. The molecule has 0 unspecified atom stereocenters. The van der Waals surface area contributed by atoms with Crippen molar-refractivity contribution in [2.24, 2.45) is 0 Å². The molecule has 160 valence electrons. The summed E-state index contributed by atoms with van der Waals surface area (Å²) >= 11 is 0. The van der Waals surface area contributed by atoms with Gasteiger partial charge in [0.25, 0.3) is 5.91 Å². The summed E-state index contributed by atoms with van der Waals surface area (Å²) in [5.74, 6) is -0.966. The van der Waals surface area contributed by atoms with Gasteiger partial charge in [0.15, 0.2) is 6.04 Å². The number of hydrogen-bond donors (Lipinski definition) is 3. The Morgan fingerprint density at radius 3 is 1.73 bits per heavy atom. The van der Waals surface area contributed by atoms with E-state index in [4.69, 9.17) is 0 Å². The number of rotatable bonds is 5. The van der Waals surface area contributed by atoms with Crippen molar-refractivity contribution in [1.82, 2.24) is 5.32 Å². The molecule has 2 amide bonds. The average Bonchev–Trinajstić information content (AvgIpc) is 2.76. The molecule has 1 aliphatic heterocycles. The van der Waals surface area contributed by atoms with Gasteiger partial charge >= 0.3 is 6.09 Å². The van der Waals surface area contributed by atoms with Crippen LogP contribution >= 0.6 is 0 Å². The number of piperazine rings is 1. The van der Waals surface area contributed by atoms with E-state index >= 15 is 0 Å². The molecule has 0 saturated carbocycles. The third-order valence-electron chi connectivity index (χ3n) is 5.77. The van der Waals surface area contributed by atoms with Crippen LogP contribution in [0.5, 0.6) is 0 Å². The van der Waals surface area contributed by atoms with Crippen LogP contribution in [-0.4, -0.2) is 51.3 Å². The number of carbonyl (C=O) groups is 2. The van der Waals surface area contributed by atoms with E-state index in [0.717, 1.165) is 42.2 Å². The molecule has 0 aliphatic carbocycles. The van der Waals surface area contributed by atoms with Gasteiger partial charge in [-0.1, -0.05) is 0 Å². The molecule has 3 rings (SSSR count). The Kier molecular flexibility index (Phi) is 7.12. The van der Waals surface area contributed by atoms with Crippen LogP contribution in [0.2, 0.25) is 0 Å². The first-order valence-electron chi connectivity index (χ1n) is 9.98. The van der Waals surface area contributed by atoms with Gasteiger partial charge in [-0.05, 0) is 55.5 Å². The van der Waals surface area contributed by atoms with Gasteiger partial charge in [-0.15, -0.1) is 0 Å². The summed E-state index contributed by atoms with van der Waals surface area (Å²) in [7, 11) is 1.22. The van der Waals surface area contributed by atoms with Crippen molar-refractivity contribution < 1.29 is 32.9 Å². The third kappa shape index (κ3) is 5.20. The van der Waals surface area contributed by atoms with E-state index < -0.39 is 6.09 Å². The Labute approximate surface area is 174 Å². The zero-order valence-electron chi connectivity index (χ0n) is 17.1. The number of alkyl carbamates (subject to hydrolysis) is 1. The molecule has 6 nitrogen and oxygen atoms in total. The van der Waals surface area contributed by atoms with Crippen LogP contribution < -0.4 is 15.1 Å². The first-order chi connectivity index (χ1) is 14.4. The number of quaternary nitrogens is 2. The Morgan fingerprint density at radius 1 is 0.867 bits per heavy atom. The van der Waals surface area contributed by atoms with Crippen molar-refractivity contribution in [3.8, 4) is 0 Å². The van der Waals surface area contributed by atoms with Gasteiger partial charge < -0.3 is 14.5 Å². The summed E-state index contributed by atoms with van der Waals surface area (Å²) in [6.45, 7) is 4.78. The average molecular weight is 419 g/mol. The maximum absolute atomic E-state index is 13.4. The number of imide groups is 1. The summed E-state index contributed by atoms with van der Waals surface area (Å²) in [6, 6.07) is 12.4. The second-order valence-corrected chi connectivity index (χ2v) is 7.56. The summed E-state index contributed by atoms with van der Waals surface area (Å²) in [5.41, 5.74) is 1.91. The molecule has 8 heteroatoms. The van der Waals surface area contributed by atoms with Crippen molar-refractivity contribution in [2.45, 2.75) is 19.0 Å². The van der Waals surface area contributed by atoms with Crippen LogP contribution in [0.1, 0.15) is 24.1 Å². The van der Waals surface area contributed by atoms with E-state index in [1.165, 1.54) is 36.3 Å². The normalized spacial score (nSPS) is 19.9. The number of ether oxygens (including phenoxy) is 1. The molecular weight excluding hydrogens is 392 g/mol. The maximum atomic E-state index is 13.4. The molecule has 1 aliphatic rings. The van der Waals surface area contributed by atoms with Gasteiger partial charge in [-0.3, -0.25) is 10.1 Å². The molecule has 1 fully saturated rings. The lowest BCUT2D eigenvalue weighted by molar-refractivity contribution is -1.03. The van der Waals surface area contributed by atoms with Crippen molar-refractivity contribution in [3.63, 3.8) is 0 Å². The Balaban J connectivity index is 1.73. The Morgan fingerprint density at radius 2 is 1.30 bits per heavy atom. The standard InChI is InChI=1S/C22H25F2N3O3/c1-15(21(28)25-22(29)30-2)26-11-13-27(14-12-26)20(16-3-7-18(23)8-4-16)17-5-9-19(24)10-6-17/h3-10,15,20H,11-14H2,1-2H3,(H,25,28,29)/p+2/t15-/m1/s1. The molecule has 30 heavy (non-hydrogen) atoms. The molecular formula is C22H27F2N3O3+2. The number of hydrogen-bond acceptors (Lipinski definition) is 3. The number of carbonyl (C=O) groups excluding carboxylic acids is 2. The molecule has 0 aromatic heterocycles. The van der Waals surface area contributed by atoms with Gasteiger partial charge in [-0.25, -0.2) is 13.6 Å². The number of amides is 2. The molecule has 1 heterocycles. The van der Waals surface area contributed by atoms with E-state index in [2.05, 4.69) is 10.1 Å². The monoisotopic (exact) mass is 419 g/mol. The summed E-state index contributed by atoms with van der Waals surface area (Å²) in [5, 5.41) is 2.22. The predicted octanol–water partition coefficient (Wildman–Crippen LogP) is 0.109. The predicted molar refractivity (Wildman–Crippen MR) is 106 cm³/mol. The van der Waals surface area contributed by atoms with Crippen molar-refractivity contribution in [1.29, 1.82) is 0 Å². The highest BCUT2D eigenvalue weighted by molar-refractivity contribution is 5.93. The van der Waals surface area contributed by atoms with Crippen LogP contribution in [-0.2, 0) is 9.53 Å². The van der Waals surface area contributed by atoms with Gasteiger partial charge in [0, 0.05) is 11.1 Å². The fraction of sp³-hybridized carbons (Fsp3) is 0.364. The lowest BCUT2D eigenvalue weighted by Crippen LogP contribution is -3.30. The van der Waals surface area contributed by atoms with Gasteiger partial charge in [0.2, 0.25) is 0 Å². The fourth-order valence-electron chi connectivity index (χ4n) is 4.03. The minimum Gasteiger partial charge on any atom is -0.453 e. The molecule has 0 radical (unpaired) electrons. The molecule has 1 saturated heterocycles. The number of methoxy groups -OCH3 is 1. The van der Waals surface area contributed by atoms with Crippen molar-refractivity contribution in [2.75, 3.05) is 33.3 Å². The second kappa shape index (κ2) is 9.77. The van der Waals surface area contributed by atoms with Crippen LogP contribution in [0.25, 0.3) is 0 Å². The van der Waals surface area contributed by atoms with Gasteiger partial charge in [0.1, 0.15) is 43.9 Å². The highest BCUT2D eigenvalue weighted by atomic mass is 19.1. The Hall–Kier alpha value is -2.84. The molecule has 3 N–H and O–H groups in total. The Bertz CT molecular complexity index is 821. The van der Waals surface area contributed by atoms with E-state index in [1.807, 2.05) is 0 Å². The lowest BCUT2D eigenvalue weighted by atomic mass is 9.96. The van der Waals surface area contributed by atoms with Gasteiger partial charge in [-0.2, -0.15) is 0 Å². The SMILES string of the molecule is COC(=O)NC(=O)[C@@H](C)[NH+]1CC[NH+](C(c2ccc(F)cc2)c2ccc(F)cc2)CC1. The highest BCUT2D eigenvalue weighted by Crippen LogP contribution is 2.20. The summed E-state index contributed by atoms with van der Waals surface area (Å²) in [6.07, 6.45) is -0.761. The second-order valence-electron chi connectivity index (χ2n) is 7.56. The summed E-state index contributed by atoms with van der Waals surface area (Å²) in [4.78, 5) is 25.9. The van der Waals surface area contributed by atoms with E-state index in [9.17, 15) is 18.4 Å². The molecule has 2 aromatic carbocycles. The van der Waals surface area contributed by atoms with Crippen LogP contribution in [0, 0.1) is 11.6 Å². The van der Waals surface area contributed by atoms with Crippen LogP contribution in [0.15, 0.2) is 48.5 Å². The first-order valence-corrected chi connectivity index (χ1v) is 9.98. The van der Waals surface area contributed by atoms with E-state index in [0.29, 0.717) is 0 Å². The largest absolute Gasteiger partial charge is 0.453 e. The molecule has 0 spiro atoms. The number of benzene rings is 2. The zero-order chi connectivity index (χ0) is 21.7. The minimum atomic E-state index is -0.761.